The number of carbonyl (C=O) groups is 1. The summed E-state index contributed by atoms with van der Waals surface area (Å²) in [5.41, 5.74) is 1.23. The summed E-state index contributed by atoms with van der Waals surface area (Å²) < 4.78 is 0. The van der Waals surface area contributed by atoms with Gasteiger partial charge in [0.2, 0.25) is 0 Å². The number of aliphatic hydroxyl groups is 1. The van der Waals surface area contributed by atoms with Gasteiger partial charge in [0, 0.05) is 18.7 Å². The van der Waals surface area contributed by atoms with Crippen molar-refractivity contribution in [3.63, 3.8) is 0 Å². The van der Waals surface area contributed by atoms with Crippen LogP contribution in [0.5, 0.6) is 0 Å². The van der Waals surface area contributed by atoms with Gasteiger partial charge < -0.3 is 15.3 Å². The molecule has 1 aliphatic heterocycles. The van der Waals surface area contributed by atoms with Crippen LogP contribution >= 0.6 is 0 Å². The average molecular weight is 286 g/mol. The number of nitrogens with zero attached hydrogens (tertiary/aromatic N) is 1. The monoisotopic (exact) mass is 286 g/mol. The third-order valence-electron chi connectivity index (χ3n) is 3.75. The lowest BCUT2D eigenvalue weighted by Crippen LogP contribution is -2.39. The van der Waals surface area contributed by atoms with Gasteiger partial charge in [-0.25, -0.2) is 0 Å². The maximum absolute atomic E-state index is 12.3. The second-order valence-corrected chi connectivity index (χ2v) is 5.49. The van der Waals surface area contributed by atoms with Gasteiger partial charge >= 0.3 is 0 Å². The van der Waals surface area contributed by atoms with Gasteiger partial charge in [0.25, 0.3) is 5.91 Å². The molecule has 1 unspecified atom stereocenters. The summed E-state index contributed by atoms with van der Waals surface area (Å²) in [6, 6.07) is 7.23. The van der Waals surface area contributed by atoms with Gasteiger partial charge in [0.15, 0.2) is 0 Å². The molecule has 2 rings (SSSR count). The van der Waals surface area contributed by atoms with Gasteiger partial charge in [-0.05, 0) is 44.5 Å². The summed E-state index contributed by atoms with van der Waals surface area (Å²) in [5.74, 6) is 5.84. The second kappa shape index (κ2) is 7.82. The molecule has 1 aliphatic rings. The van der Waals surface area contributed by atoms with Gasteiger partial charge in [-0.15, -0.1) is 0 Å². The molecule has 4 heteroatoms. The third kappa shape index (κ3) is 4.59. The number of amides is 1. The highest BCUT2D eigenvalue weighted by Gasteiger charge is 2.18. The second-order valence-electron chi connectivity index (χ2n) is 5.49. The summed E-state index contributed by atoms with van der Waals surface area (Å²) in [6.45, 7) is 2.67. The van der Waals surface area contributed by atoms with E-state index in [-0.39, 0.29) is 12.5 Å². The van der Waals surface area contributed by atoms with E-state index in [0.29, 0.717) is 23.6 Å². The van der Waals surface area contributed by atoms with Crippen LogP contribution in [0.25, 0.3) is 0 Å². The molecule has 1 fully saturated rings. The number of hydrogen-bond donors (Lipinski definition) is 2. The van der Waals surface area contributed by atoms with Crippen LogP contribution in [0.3, 0.4) is 0 Å². The lowest BCUT2D eigenvalue weighted by atomic mass is 9.98. The molecule has 0 spiro atoms. The zero-order valence-corrected chi connectivity index (χ0v) is 12.4. The molecular formula is C17H22N2O2. The Bertz CT molecular complexity index is 545. The molecule has 1 saturated heterocycles. The predicted octanol–water partition coefficient (Wildman–Crippen LogP) is 1.10. The fraction of sp³-hybridized carbons (Fsp3) is 0.471. The Balaban J connectivity index is 1.97. The molecule has 1 atom stereocenters. The van der Waals surface area contributed by atoms with Gasteiger partial charge in [-0.3, -0.25) is 4.79 Å². The van der Waals surface area contributed by atoms with Crippen molar-refractivity contribution in [3.8, 4) is 11.8 Å². The molecule has 1 aromatic rings. The van der Waals surface area contributed by atoms with E-state index < -0.39 is 0 Å². The minimum atomic E-state index is -0.204. The van der Waals surface area contributed by atoms with Crippen molar-refractivity contribution < 1.29 is 9.90 Å². The Morgan fingerprint density at radius 2 is 2.29 bits per heavy atom. The first kappa shape index (κ1) is 15.6. The van der Waals surface area contributed by atoms with Gasteiger partial charge in [-0.1, -0.05) is 24.0 Å². The molecule has 1 aromatic carbocycles. The fourth-order valence-electron chi connectivity index (χ4n) is 2.70. The number of piperidine rings is 1. The zero-order chi connectivity index (χ0) is 15.1. The molecule has 0 saturated carbocycles. The Morgan fingerprint density at radius 3 is 3.05 bits per heavy atom. The van der Waals surface area contributed by atoms with E-state index in [1.165, 1.54) is 6.42 Å². The number of likely N-dealkylation sites (tertiary alicyclic amines) is 1. The summed E-state index contributed by atoms with van der Waals surface area (Å²) in [7, 11) is 2.12. The topological polar surface area (TPSA) is 52.6 Å². The van der Waals surface area contributed by atoms with E-state index >= 15 is 0 Å². The standard InChI is InChI=1S/C17H22N2O2/c1-19-10-4-6-14(13-19)12-18-17(21)16-9-3-2-7-15(16)8-5-11-20/h2-3,7,9,14,20H,4,6,10-13H2,1H3,(H,18,21). The lowest BCUT2D eigenvalue weighted by Gasteiger charge is -2.29. The van der Waals surface area contributed by atoms with E-state index in [1.807, 2.05) is 12.1 Å². The van der Waals surface area contributed by atoms with E-state index in [4.69, 9.17) is 5.11 Å². The zero-order valence-electron chi connectivity index (χ0n) is 12.4. The van der Waals surface area contributed by atoms with Crippen molar-refractivity contribution in [2.75, 3.05) is 33.3 Å². The van der Waals surface area contributed by atoms with Gasteiger partial charge in [0.1, 0.15) is 6.61 Å². The molecule has 0 aliphatic carbocycles. The first-order chi connectivity index (χ1) is 10.2. The molecule has 1 amide bonds. The van der Waals surface area contributed by atoms with Crippen LogP contribution in [0.15, 0.2) is 24.3 Å². The average Bonchev–Trinajstić information content (AvgIpc) is 2.51. The van der Waals surface area contributed by atoms with Crippen LogP contribution in [0.2, 0.25) is 0 Å². The Hall–Kier alpha value is -1.83. The lowest BCUT2D eigenvalue weighted by molar-refractivity contribution is 0.0936. The molecule has 0 aromatic heterocycles. The predicted molar refractivity (Wildman–Crippen MR) is 83.0 cm³/mol. The van der Waals surface area contributed by atoms with E-state index in [0.717, 1.165) is 19.5 Å². The van der Waals surface area contributed by atoms with Crippen LogP contribution in [0, 0.1) is 17.8 Å². The van der Waals surface area contributed by atoms with E-state index in [1.54, 1.807) is 12.1 Å². The van der Waals surface area contributed by atoms with E-state index in [9.17, 15) is 4.79 Å². The van der Waals surface area contributed by atoms with Crippen molar-refractivity contribution in [2.24, 2.45) is 5.92 Å². The number of nitrogens with one attached hydrogen (secondary N) is 1. The molecule has 2 N–H and O–H groups in total. The first-order valence-electron chi connectivity index (χ1n) is 7.36. The van der Waals surface area contributed by atoms with Crippen LogP contribution in [0.1, 0.15) is 28.8 Å². The summed E-state index contributed by atoms with van der Waals surface area (Å²) >= 11 is 0. The molecule has 0 radical (unpaired) electrons. The summed E-state index contributed by atoms with van der Waals surface area (Å²) in [6.07, 6.45) is 2.35. The smallest absolute Gasteiger partial charge is 0.252 e. The number of carbonyl (C=O) groups excluding carboxylic acids is 1. The molecule has 21 heavy (non-hydrogen) atoms. The van der Waals surface area contributed by atoms with Crippen molar-refractivity contribution in [1.82, 2.24) is 10.2 Å². The van der Waals surface area contributed by atoms with Crippen molar-refractivity contribution >= 4 is 5.91 Å². The highest BCUT2D eigenvalue weighted by atomic mass is 16.2. The summed E-state index contributed by atoms with van der Waals surface area (Å²) in [5, 5.41) is 11.8. The number of aliphatic hydroxyl groups excluding tert-OH is 1. The highest BCUT2D eigenvalue weighted by Crippen LogP contribution is 2.14. The molecule has 4 nitrogen and oxygen atoms in total. The third-order valence-corrected chi connectivity index (χ3v) is 3.75. The van der Waals surface area contributed by atoms with Crippen LogP contribution in [0.4, 0.5) is 0 Å². The van der Waals surface area contributed by atoms with Gasteiger partial charge in [0.05, 0.1) is 5.56 Å². The Morgan fingerprint density at radius 1 is 1.48 bits per heavy atom. The number of benzene rings is 1. The number of hydrogen-bond acceptors (Lipinski definition) is 3. The van der Waals surface area contributed by atoms with Crippen LogP contribution < -0.4 is 5.32 Å². The fourth-order valence-corrected chi connectivity index (χ4v) is 2.70. The molecule has 0 bridgehead atoms. The van der Waals surface area contributed by atoms with Crippen molar-refractivity contribution in [1.29, 1.82) is 0 Å². The van der Waals surface area contributed by atoms with Crippen molar-refractivity contribution in [2.45, 2.75) is 12.8 Å². The molecule has 112 valence electrons. The van der Waals surface area contributed by atoms with Crippen molar-refractivity contribution in [3.05, 3.63) is 35.4 Å². The first-order valence-corrected chi connectivity index (χ1v) is 7.36. The maximum atomic E-state index is 12.3. The molecule has 1 heterocycles. The van der Waals surface area contributed by atoms with Crippen LogP contribution in [-0.2, 0) is 0 Å². The maximum Gasteiger partial charge on any atom is 0.252 e. The SMILES string of the molecule is CN1CCCC(CNC(=O)c2ccccc2C#CCO)C1. The normalized spacial score (nSPS) is 18.7. The highest BCUT2D eigenvalue weighted by molar-refractivity contribution is 5.96. The minimum absolute atomic E-state index is 0.0916. The minimum Gasteiger partial charge on any atom is -0.384 e. The van der Waals surface area contributed by atoms with Gasteiger partial charge in [-0.2, -0.15) is 0 Å². The molecular weight excluding hydrogens is 264 g/mol. The Kier molecular flexibility index (Phi) is 5.79. The quantitative estimate of drug-likeness (QED) is 0.818. The Labute approximate surface area is 126 Å². The summed E-state index contributed by atoms with van der Waals surface area (Å²) in [4.78, 5) is 14.6. The van der Waals surface area contributed by atoms with E-state index in [2.05, 4.69) is 29.1 Å². The van der Waals surface area contributed by atoms with Crippen LogP contribution in [-0.4, -0.2) is 49.2 Å². The largest absolute Gasteiger partial charge is 0.384 e. The number of rotatable bonds is 3.